The van der Waals surface area contributed by atoms with Crippen LogP contribution in [-0.4, -0.2) is 57.3 Å². The van der Waals surface area contributed by atoms with Crippen molar-refractivity contribution in [2.24, 2.45) is 0 Å². The number of hydrogen-bond acceptors (Lipinski definition) is 5. The summed E-state index contributed by atoms with van der Waals surface area (Å²) in [6.45, 7) is 4.06. The van der Waals surface area contributed by atoms with Gasteiger partial charge in [0.15, 0.2) is 0 Å². The highest BCUT2D eigenvalue weighted by molar-refractivity contribution is 5.80. The number of rotatable bonds is 48. The van der Waals surface area contributed by atoms with Gasteiger partial charge in [0.2, 0.25) is 5.91 Å². The molecule has 6 heteroatoms. The molecule has 0 radical (unpaired) electrons. The lowest BCUT2D eigenvalue weighted by molar-refractivity contribution is -0.132. The molecule has 0 saturated carbocycles. The number of aliphatic hydroxyl groups is 4. The average molecular weight is 846 g/mol. The first-order chi connectivity index (χ1) is 29.5. The Kier molecular flexibility index (Phi) is 47.4. The van der Waals surface area contributed by atoms with E-state index in [1.54, 1.807) is 0 Å². The molecule has 0 aromatic heterocycles. The maximum atomic E-state index is 12.6. The number of nitrogens with one attached hydrogen (secondary N) is 1. The molecule has 60 heavy (non-hydrogen) atoms. The van der Waals surface area contributed by atoms with Gasteiger partial charge < -0.3 is 25.7 Å². The summed E-state index contributed by atoms with van der Waals surface area (Å²) in [5, 5.41) is 43.8. The Morgan fingerprint density at radius 3 is 1.05 bits per heavy atom. The van der Waals surface area contributed by atoms with Crippen molar-refractivity contribution in [3.63, 3.8) is 0 Å². The summed E-state index contributed by atoms with van der Waals surface area (Å²) in [6, 6.07) is -1.01. The van der Waals surface area contributed by atoms with E-state index in [-0.39, 0.29) is 0 Å². The van der Waals surface area contributed by atoms with E-state index in [1.165, 1.54) is 186 Å². The van der Waals surface area contributed by atoms with Crippen molar-refractivity contribution in [1.82, 2.24) is 5.32 Å². The third kappa shape index (κ3) is 41.9. The van der Waals surface area contributed by atoms with Gasteiger partial charge in [0.25, 0.3) is 0 Å². The van der Waals surface area contributed by atoms with Crippen molar-refractivity contribution in [1.29, 1.82) is 0 Å². The molecule has 0 aliphatic carbocycles. The summed E-state index contributed by atoms with van der Waals surface area (Å²) in [7, 11) is 0. The summed E-state index contributed by atoms with van der Waals surface area (Å²) in [5.41, 5.74) is 0. The molecule has 5 N–H and O–H groups in total. The third-order valence-corrected chi connectivity index (χ3v) is 12.3. The van der Waals surface area contributed by atoms with E-state index >= 15 is 0 Å². The van der Waals surface area contributed by atoms with Crippen molar-refractivity contribution in [2.75, 3.05) is 6.61 Å². The van der Waals surface area contributed by atoms with E-state index < -0.39 is 36.9 Å². The lowest BCUT2D eigenvalue weighted by atomic mass is 10.00. The largest absolute Gasteiger partial charge is 0.394 e. The van der Waals surface area contributed by atoms with E-state index in [0.717, 1.165) is 51.4 Å². The Bertz CT molecular complexity index is 950. The Hall–Kier alpha value is -1.47. The fraction of sp³-hybridized carbons (Fsp3) is 0.870. The molecule has 0 heterocycles. The number of hydrogen-bond donors (Lipinski definition) is 5. The minimum atomic E-state index is -1.29. The van der Waals surface area contributed by atoms with Gasteiger partial charge in [0, 0.05) is 0 Å². The number of amides is 1. The van der Waals surface area contributed by atoms with Crippen LogP contribution in [0.1, 0.15) is 271 Å². The van der Waals surface area contributed by atoms with Gasteiger partial charge in [-0.15, -0.1) is 0 Å². The van der Waals surface area contributed by atoms with Crippen LogP contribution in [0, 0.1) is 0 Å². The Balaban J connectivity index is 3.73. The highest BCUT2D eigenvalue weighted by Gasteiger charge is 2.28. The van der Waals surface area contributed by atoms with Crippen molar-refractivity contribution in [2.45, 2.75) is 295 Å². The van der Waals surface area contributed by atoms with Crippen molar-refractivity contribution in [3.8, 4) is 0 Å². The van der Waals surface area contributed by atoms with E-state index in [1.807, 2.05) is 0 Å². The lowest BCUT2D eigenvalue weighted by Crippen LogP contribution is -2.53. The molecule has 0 aliphatic rings. The third-order valence-electron chi connectivity index (χ3n) is 12.3. The Morgan fingerprint density at radius 1 is 0.400 bits per heavy atom. The van der Waals surface area contributed by atoms with Gasteiger partial charge in [-0.25, -0.2) is 0 Å². The van der Waals surface area contributed by atoms with Crippen LogP contribution in [0.15, 0.2) is 36.5 Å². The Labute approximate surface area is 373 Å². The smallest absolute Gasteiger partial charge is 0.249 e. The van der Waals surface area contributed by atoms with Crippen LogP contribution < -0.4 is 5.32 Å². The second-order valence-electron chi connectivity index (χ2n) is 18.2. The molecule has 0 bridgehead atoms. The summed E-state index contributed by atoms with van der Waals surface area (Å²) in [5.74, 6) is -0.596. The van der Waals surface area contributed by atoms with Crippen LogP contribution in [0.25, 0.3) is 0 Å². The minimum Gasteiger partial charge on any atom is -0.394 e. The van der Waals surface area contributed by atoms with Gasteiger partial charge >= 0.3 is 0 Å². The van der Waals surface area contributed by atoms with E-state index in [4.69, 9.17) is 0 Å². The monoisotopic (exact) mass is 846 g/mol. The molecule has 6 nitrogen and oxygen atoms in total. The zero-order valence-electron chi connectivity index (χ0n) is 40.0. The summed E-state index contributed by atoms with van der Waals surface area (Å²) < 4.78 is 0. The van der Waals surface area contributed by atoms with Crippen molar-refractivity contribution >= 4 is 5.91 Å². The molecule has 0 rings (SSSR count). The first-order valence-corrected chi connectivity index (χ1v) is 26.4. The molecule has 0 fully saturated rings. The van der Waals surface area contributed by atoms with Gasteiger partial charge in [-0.2, -0.15) is 0 Å². The summed E-state index contributed by atoms with van der Waals surface area (Å²) in [4.78, 5) is 12.6. The molecule has 0 aromatic rings. The van der Waals surface area contributed by atoms with Gasteiger partial charge in [0.1, 0.15) is 12.2 Å². The van der Waals surface area contributed by atoms with Gasteiger partial charge in [-0.05, 0) is 64.2 Å². The molecule has 4 unspecified atom stereocenters. The van der Waals surface area contributed by atoms with Crippen LogP contribution in [0.5, 0.6) is 0 Å². The van der Waals surface area contributed by atoms with Gasteiger partial charge in [-0.3, -0.25) is 4.79 Å². The molecule has 0 saturated heterocycles. The van der Waals surface area contributed by atoms with Crippen LogP contribution in [0.2, 0.25) is 0 Å². The standard InChI is InChI=1S/C54H103NO5/c1-3-5-7-9-11-13-15-17-19-21-23-24-25-26-27-28-29-30-32-33-35-37-39-41-43-45-47-51(57)53(59)50(49-56)55-54(60)52(58)48-46-44-42-40-38-36-34-31-22-20-18-16-14-12-10-8-6-4-2/h27-28,32-33,39,41,50-53,56-59H,3-26,29-31,34-38,40,42-49H2,1-2H3,(H,55,60)/b28-27+,33-32+,41-39+. The lowest BCUT2D eigenvalue weighted by Gasteiger charge is -2.27. The van der Waals surface area contributed by atoms with Crippen LogP contribution in [0.3, 0.4) is 0 Å². The molecule has 354 valence electrons. The maximum Gasteiger partial charge on any atom is 0.249 e. The zero-order valence-corrected chi connectivity index (χ0v) is 40.0. The summed E-state index contributed by atoms with van der Waals surface area (Å²) in [6.07, 6.45) is 59.1. The SMILES string of the molecule is CCCCCCCCCCCCCCC/C=C/CC/C=C/CC/C=C/CCCC(O)C(O)C(CO)NC(=O)C(O)CCCCCCCCCCCCCCCCCCCC. The number of carbonyl (C=O) groups excluding carboxylic acids is 1. The first kappa shape index (κ1) is 58.5. The molecule has 1 amide bonds. The second kappa shape index (κ2) is 48.6. The highest BCUT2D eigenvalue weighted by atomic mass is 16.3. The topological polar surface area (TPSA) is 110 Å². The van der Waals surface area contributed by atoms with Crippen LogP contribution in [0.4, 0.5) is 0 Å². The summed E-state index contributed by atoms with van der Waals surface area (Å²) >= 11 is 0. The average Bonchev–Trinajstić information content (AvgIpc) is 3.25. The van der Waals surface area contributed by atoms with Gasteiger partial charge in [-0.1, -0.05) is 243 Å². The normalized spacial score (nSPS) is 14.2. The number of carbonyl (C=O) groups is 1. The van der Waals surface area contributed by atoms with E-state index in [9.17, 15) is 25.2 Å². The molecular formula is C54H103NO5. The Morgan fingerprint density at radius 2 is 0.700 bits per heavy atom. The first-order valence-electron chi connectivity index (χ1n) is 26.4. The quantitative estimate of drug-likeness (QED) is 0.0309. The van der Waals surface area contributed by atoms with Crippen molar-refractivity contribution in [3.05, 3.63) is 36.5 Å². The second-order valence-corrected chi connectivity index (χ2v) is 18.2. The molecule has 0 spiro atoms. The number of unbranched alkanes of at least 4 members (excludes halogenated alkanes) is 33. The molecular weight excluding hydrogens is 743 g/mol. The minimum absolute atomic E-state index is 0.362. The molecule has 0 aliphatic heterocycles. The fourth-order valence-corrected chi connectivity index (χ4v) is 8.14. The number of aliphatic hydroxyl groups excluding tert-OH is 4. The van der Waals surface area contributed by atoms with Crippen LogP contribution in [-0.2, 0) is 4.79 Å². The van der Waals surface area contributed by atoms with E-state index in [0.29, 0.717) is 19.3 Å². The van der Waals surface area contributed by atoms with Crippen molar-refractivity contribution < 1.29 is 25.2 Å². The maximum absolute atomic E-state index is 12.6. The fourth-order valence-electron chi connectivity index (χ4n) is 8.14. The zero-order chi connectivity index (χ0) is 43.8. The predicted octanol–water partition coefficient (Wildman–Crippen LogP) is 14.9. The predicted molar refractivity (Wildman–Crippen MR) is 260 cm³/mol. The highest BCUT2D eigenvalue weighted by Crippen LogP contribution is 2.17. The van der Waals surface area contributed by atoms with Crippen LogP contribution >= 0.6 is 0 Å². The molecule has 4 atom stereocenters. The number of allylic oxidation sites excluding steroid dienone is 6. The van der Waals surface area contributed by atoms with Gasteiger partial charge in [0.05, 0.1) is 18.8 Å². The molecule has 0 aromatic carbocycles. The van der Waals surface area contributed by atoms with E-state index in [2.05, 4.69) is 55.6 Å².